The lowest BCUT2D eigenvalue weighted by Crippen LogP contribution is -2.45. The summed E-state index contributed by atoms with van der Waals surface area (Å²) in [4.78, 5) is 14.7. The average Bonchev–Trinajstić information content (AvgIpc) is 2.60. The zero-order valence-corrected chi connectivity index (χ0v) is 10.5. The van der Waals surface area contributed by atoms with Gasteiger partial charge in [0, 0.05) is 12.5 Å². The molecule has 3 atom stereocenters. The Morgan fingerprint density at radius 3 is 2.39 bits per heavy atom. The Balaban J connectivity index is 3.10. The number of nitrogens with zero attached hydrogens (tertiary/aromatic N) is 1. The van der Waals surface area contributed by atoms with Gasteiger partial charge in [0.15, 0.2) is 15.9 Å². The van der Waals surface area contributed by atoms with Crippen LogP contribution in [-0.2, 0) is 19.4 Å². The number of aliphatic imine (C=N–C) groups is 1. The van der Waals surface area contributed by atoms with Crippen molar-refractivity contribution in [3.63, 3.8) is 0 Å². The van der Waals surface area contributed by atoms with E-state index in [2.05, 4.69) is 9.73 Å². The minimum absolute atomic E-state index is 0.0982. The molecule has 0 aromatic rings. The summed E-state index contributed by atoms with van der Waals surface area (Å²) in [5.74, 6) is -3.55. The lowest BCUT2D eigenvalue weighted by Gasteiger charge is -2.23. The van der Waals surface area contributed by atoms with Gasteiger partial charge in [0.05, 0.1) is 6.61 Å². The molecular weight excluding hydrogens is 275 g/mol. The van der Waals surface area contributed by atoms with Crippen LogP contribution in [-0.4, -0.2) is 50.9 Å². The van der Waals surface area contributed by atoms with Gasteiger partial charge in [-0.05, 0) is 6.92 Å². The summed E-state index contributed by atoms with van der Waals surface area (Å²) >= 11 is 0. The van der Waals surface area contributed by atoms with Gasteiger partial charge in [-0.3, -0.25) is 4.99 Å². The molecule has 0 aromatic heterocycles. The van der Waals surface area contributed by atoms with Gasteiger partial charge in [-0.15, -0.1) is 0 Å². The van der Waals surface area contributed by atoms with Crippen molar-refractivity contribution in [2.75, 3.05) is 12.9 Å². The van der Waals surface area contributed by atoms with Crippen molar-refractivity contribution in [1.82, 2.24) is 0 Å². The fourth-order valence-electron chi connectivity index (χ4n) is 1.72. The SMILES string of the molecule is CCOC(=O)C1N=CC(S(C)(=O)=O)C1C(F)(F)F. The first-order valence-electron chi connectivity index (χ1n) is 5.04. The largest absolute Gasteiger partial charge is 0.464 e. The van der Waals surface area contributed by atoms with Gasteiger partial charge in [0.1, 0.15) is 11.2 Å². The van der Waals surface area contributed by atoms with E-state index >= 15 is 0 Å². The van der Waals surface area contributed by atoms with Crippen LogP contribution in [0.25, 0.3) is 0 Å². The fraction of sp³-hybridized carbons (Fsp3) is 0.778. The number of hydrogen-bond acceptors (Lipinski definition) is 5. The maximum atomic E-state index is 12.8. The molecule has 9 heteroatoms. The Hall–Kier alpha value is -1.12. The molecule has 0 aliphatic carbocycles. The summed E-state index contributed by atoms with van der Waals surface area (Å²) in [6, 6.07) is -1.84. The van der Waals surface area contributed by atoms with Crippen LogP contribution in [0, 0.1) is 5.92 Å². The second-order valence-electron chi connectivity index (χ2n) is 3.86. The van der Waals surface area contributed by atoms with Crippen LogP contribution in [0.4, 0.5) is 13.2 Å². The third-order valence-electron chi connectivity index (χ3n) is 2.49. The van der Waals surface area contributed by atoms with Crippen molar-refractivity contribution in [3.05, 3.63) is 0 Å². The number of esters is 1. The molecule has 1 aliphatic rings. The first kappa shape index (κ1) is 14.9. The molecule has 0 aromatic carbocycles. The summed E-state index contributed by atoms with van der Waals surface area (Å²) in [6.07, 6.45) is -3.51. The highest BCUT2D eigenvalue weighted by Crippen LogP contribution is 2.38. The van der Waals surface area contributed by atoms with Crippen molar-refractivity contribution in [3.8, 4) is 0 Å². The van der Waals surface area contributed by atoms with Crippen LogP contribution >= 0.6 is 0 Å². The molecule has 0 N–H and O–H groups in total. The summed E-state index contributed by atoms with van der Waals surface area (Å²) in [7, 11) is -3.99. The van der Waals surface area contributed by atoms with Gasteiger partial charge in [0.25, 0.3) is 0 Å². The molecule has 0 spiro atoms. The number of sulfone groups is 1. The maximum Gasteiger partial charge on any atom is 0.396 e. The molecule has 0 fully saturated rings. The molecule has 3 unspecified atom stereocenters. The van der Waals surface area contributed by atoms with Gasteiger partial charge >= 0.3 is 12.1 Å². The number of carbonyl (C=O) groups excluding carboxylic acids is 1. The van der Waals surface area contributed by atoms with E-state index in [1.54, 1.807) is 0 Å². The fourth-order valence-corrected chi connectivity index (χ4v) is 2.85. The second kappa shape index (κ2) is 4.87. The zero-order chi connectivity index (χ0) is 14.1. The standard InChI is InChI=1S/C9H12F3NO4S/c1-3-17-8(14)7-6(9(10,11)12)5(4-13-7)18(2,15)16/h4-7H,3H2,1-2H3. The monoisotopic (exact) mass is 287 g/mol. The minimum atomic E-state index is -4.85. The molecular formula is C9H12F3NO4S. The topological polar surface area (TPSA) is 72.8 Å². The lowest BCUT2D eigenvalue weighted by molar-refractivity contribution is -0.183. The van der Waals surface area contributed by atoms with Gasteiger partial charge in [-0.25, -0.2) is 13.2 Å². The number of hydrogen-bond donors (Lipinski definition) is 0. The van der Waals surface area contributed by atoms with Gasteiger partial charge in [-0.1, -0.05) is 0 Å². The molecule has 0 amide bonds. The Bertz CT molecular complexity index is 457. The molecule has 104 valence electrons. The van der Waals surface area contributed by atoms with E-state index in [4.69, 9.17) is 0 Å². The number of alkyl halides is 3. The highest BCUT2D eigenvalue weighted by atomic mass is 32.2. The number of carbonyl (C=O) groups is 1. The van der Waals surface area contributed by atoms with Crippen LogP contribution in [0.3, 0.4) is 0 Å². The predicted octanol–water partition coefficient (Wildman–Crippen LogP) is 0.594. The van der Waals surface area contributed by atoms with E-state index in [9.17, 15) is 26.4 Å². The number of rotatable bonds is 3. The van der Waals surface area contributed by atoms with Crippen LogP contribution in [0.2, 0.25) is 0 Å². The predicted molar refractivity (Wildman–Crippen MR) is 57.1 cm³/mol. The highest BCUT2D eigenvalue weighted by Gasteiger charge is 2.57. The first-order valence-corrected chi connectivity index (χ1v) is 7.00. The Kier molecular flexibility index (Phi) is 4.04. The Labute approximate surface area is 102 Å². The summed E-state index contributed by atoms with van der Waals surface area (Å²) in [6.45, 7) is 1.34. The van der Waals surface area contributed by atoms with Gasteiger partial charge in [0.2, 0.25) is 0 Å². The molecule has 0 saturated carbocycles. The van der Waals surface area contributed by atoms with Crippen LogP contribution in [0.15, 0.2) is 4.99 Å². The van der Waals surface area contributed by atoms with E-state index in [0.717, 1.165) is 0 Å². The minimum Gasteiger partial charge on any atom is -0.464 e. The normalized spacial score (nSPS) is 28.4. The van der Waals surface area contributed by atoms with E-state index < -0.39 is 39.2 Å². The molecule has 0 radical (unpaired) electrons. The third-order valence-corrected chi connectivity index (χ3v) is 3.89. The summed E-state index contributed by atoms with van der Waals surface area (Å²) in [5.41, 5.74) is 0. The second-order valence-corrected chi connectivity index (χ2v) is 6.06. The van der Waals surface area contributed by atoms with Gasteiger partial charge < -0.3 is 4.74 Å². The number of halogens is 3. The van der Waals surface area contributed by atoms with Crippen molar-refractivity contribution in [2.45, 2.75) is 24.4 Å². The third kappa shape index (κ3) is 3.01. The van der Waals surface area contributed by atoms with E-state index in [0.29, 0.717) is 12.5 Å². The molecule has 1 heterocycles. The summed E-state index contributed by atoms with van der Waals surface area (Å²) < 4.78 is 65.5. The molecule has 1 rings (SSSR count). The molecule has 5 nitrogen and oxygen atoms in total. The van der Waals surface area contributed by atoms with Crippen LogP contribution in [0.1, 0.15) is 6.92 Å². The Morgan fingerprint density at radius 2 is 2.00 bits per heavy atom. The highest BCUT2D eigenvalue weighted by molar-refractivity contribution is 7.92. The quantitative estimate of drug-likeness (QED) is 0.712. The zero-order valence-electron chi connectivity index (χ0n) is 9.64. The van der Waals surface area contributed by atoms with Crippen LogP contribution in [0.5, 0.6) is 0 Å². The van der Waals surface area contributed by atoms with E-state index in [-0.39, 0.29) is 6.61 Å². The van der Waals surface area contributed by atoms with Crippen LogP contribution < -0.4 is 0 Å². The van der Waals surface area contributed by atoms with Crippen molar-refractivity contribution in [2.24, 2.45) is 10.9 Å². The molecule has 0 saturated heterocycles. The number of ether oxygens (including phenoxy) is 1. The van der Waals surface area contributed by atoms with Crippen molar-refractivity contribution >= 4 is 22.0 Å². The average molecular weight is 287 g/mol. The smallest absolute Gasteiger partial charge is 0.396 e. The maximum absolute atomic E-state index is 12.8. The first-order chi connectivity index (χ1) is 8.09. The lowest BCUT2D eigenvalue weighted by atomic mass is 9.99. The summed E-state index contributed by atoms with van der Waals surface area (Å²) in [5, 5.41) is -1.84. The van der Waals surface area contributed by atoms with E-state index in [1.807, 2.05) is 0 Å². The van der Waals surface area contributed by atoms with Crippen molar-refractivity contribution in [1.29, 1.82) is 0 Å². The van der Waals surface area contributed by atoms with E-state index in [1.165, 1.54) is 6.92 Å². The molecule has 1 aliphatic heterocycles. The van der Waals surface area contributed by atoms with Crippen molar-refractivity contribution < 1.29 is 31.1 Å². The molecule has 18 heavy (non-hydrogen) atoms. The van der Waals surface area contributed by atoms with Gasteiger partial charge in [-0.2, -0.15) is 13.2 Å². The molecule has 0 bridgehead atoms. The Morgan fingerprint density at radius 1 is 1.44 bits per heavy atom.